The molecule has 110 valence electrons. The van der Waals surface area contributed by atoms with Gasteiger partial charge < -0.3 is 11.1 Å². The van der Waals surface area contributed by atoms with Crippen LogP contribution in [-0.2, 0) is 4.79 Å². The molecule has 0 fully saturated rings. The number of nitrogens with one attached hydrogen (secondary N) is 2. The molecule has 0 spiro atoms. The number of aromatic amines is 1. The quantitative estimate of drug-likeness (QED) is 0.810. The van der Waals surface area contributed by atoms with Crippen LogP contribution in [0.1, 0.15) is 20.3 Å². The molecule has 0 aliphatic rings. The summed E-state index contributed by atoms with van der Waals surface area (Å²) in [6, 6.07) is 4.87. The number of H-pyrrole nitrogens is 1. The molecular weight excluding hydrogens is 299 g/mol. The highest BCUT2D eigenvalue weighted by atomic mass is 35.5. The van der Waals surface area contributed by atoms with Crippen molar-refractivity contribution in [2.75, 3.05) is 5.32 Å². The smallest absolute Gasteiger partial charge is 0.242 e. The van der Waals surface area contributed by atoms with Gasteiger partial charge in [0.15, 0.2) is 5.82 Å². The second-order valence-electron chi connectivity index (χ2n) is 4.64. The molecule has 0 aliphatic heterocycles. The third-order valence-electron chi connectivity index (χ3n) is 3.35. The average Bonchev–Trinajstić information content (AvgIpc) is 2.81. The zero-order valence-electron chi connectivity index (χ0n) is 11.3. The molecule has 2 rings (SSSR count). The first-order chi connectivity index (χ1) is 9.04. The largest absolute Gasteiger partial charge is 0.320 e. The van der Waals surface area contributed by atoms with E-state index in [1.165, 1.54) is 0 Å². The zero-order valence-corrected chi connectivity index (χ0v) is 12.9. The van der Waals surface area contributed by atoms with Crippen LogP contribution in [0.2, 0.25) is 5.02 Å². The normalized spacial score (nSPS) is 13.6. The topological polar surface area (TPSA) is 83.8 Å². The Balaban J connectivity index is 0.00000200. The summed E-state index contributed by atoms with van der Waals surface area (Å²) in [5, 5.41) is 11.0. The minimum Gasteiger partial charge on any atom is -0.320 e. The van der Waals surface area contributed by atoms with Crippen molar-refractivity contribution in [3.8, 4) is 0 Å². The standard InChI is InChI=1S/C13H17ClN4O.ClH/c1-3-7(2)10(15)13(19)16-12-8-5-4-6-9(14)11(8)17-18-12;/h4-7,10H,3,15H2,1-2H3,(H2,16,17,18,19);1H. The number of carbonyl (C=O) groups excluding carboxylic acids is 1. The lowest BCUT2D eigenvalue weighted by Gasteiger charge is -2.16. The van der Waals surface area contributed by atoms with Crippen molar-refractivity contribution in [2.24, 2.45) is 11.7 Å². The van der Waals surface area contributed by atoms with Crippen LogP contribution in [0.3, 0.4) is 0 Å². The first-order valence-corrected chi connectivity index (χ1v) is 6.61. The predicted molar refractivity (Wildman–Crippen MR) is 84.4 cm³/mol. The van der Waals surface area contributed by atoms with Gasteiger partial charge in [-0.25, -0.2) is 0 Å². The first-order valence-electron chi connectivity index (χ1n) is 6.23. The lowest BCUT2D eigenvalue weighted by Crippen LogP contribution is -2.40. The van der Waals surface area contributed by atoms with Gasteiger partial charge in [-0.15, -0.1) is 12.4 Å². The predicted octanol–water partition coefficient (Wildman–Crippen LogP) is 2.95. The van der Waals surface area contributed by atoms with Gasteiger partial charge in [0.1, 0.15) is 0 Å². The number of hydrogen-bond acceptors (Lipinski definition) is 3. The van der Waals surface area contributed by atoms with E-state index in [2.05, 4.69) is 15.5 Å². The Morgan fingerprint density at radius 3 is 2.90 bits per heavy atom. The van der Waals surface area contributed by atoms with Crippen molar-refractivity contribution in [3.05, 3.63) is 23.2 Å². The third kappa shape index (κ3) is 3.23. The Morgan fingerprint density at radius 1 is 1.55 bits per heavy atom. The zero-order chi connectivity index (χ0) is 14.0. The monoisotopic (exact) mass is 316 g/mol. The summed E-state index contributed by atoms with van der Waals surface area (Å²) >= 11 is 6.03. The minimum atomic E-state index is -0.545. The summed E-state index contributed by atoms with van der Waals surface area (Å²) in [5.74, 6) is 0.345. The first kappa shape index (κ1) is 16.8. The molecule has 0 saturated heterocycles. The van der Waals surface area contributed by atoms with Gasteiger partial charge in [-0.05, 0) is 18.1 Å². The number of halogens is 2. The van der Waals surface area contributed by atoms with Gasteiger partial charge in [-0.2, -0.15) is 5.10 Å². The lowest BCUT2D eigenvalue weighted by atomic mass is 9.99. The molecule has 7 heteroatoms. The molecule has 1 amide bonds. The summed E-state index contributed by atoms with van der Waals surface area (Å²) < 4.78 is 0. The molecule has 20 heavy (non-hydrogen) atoms. The molecule has 5 nitrogen and oxygen atoms in total. The van der Waals surface area contributed by atoms with E-state index in [0.717, 1.165) is 11.8 Å². The highest BCUT2D eigenvalue weighted by molar-refractivity contribution is 6.35. The van der Waals surface area contributed by atoms with Gasteiger partial charge in [0.2, 0.25) is 5.91 Å². The number of hydrogen-bond donors (Lipinski definition) is 3. The fraction of sp³-hybridized carbons (Fsp3) is 0.385. The van der Waals surface area contributed by atoms with Crippen LogP contribution in [0.25, 0.3) is 10.9 Å². The van der Waals surface area contributed by atoms with Crippen LogP contribution >= 0.6 is 24.0 Å². The molecule has 2 aromatic rings. The molecule has 2 atom stereocenters. The number of para-hydroxylation sites is 1. The van der Waals surface area contributed by atoms with E-state index < -0.39 is 6.04 Å². The summed E-state index contributed by atoms with van der Waals surface area (Å²) in [4.78, 5) is 12.0. The summed E-state index contributed by atoms with van der Waals surface area (Å²) in [7, 11) is 0. The molecule has 1 aromatic heterocycles. The molecule has 1 heterocycles. The minimum absolute atomic E-state index is 0. The highest BCUT2D eigenvalue weighted by Gasteiger charge is 2.21. The SMILES string of the molecule is CCC(C)C(N)C(=O)Nc1n[nH]c2c(Cl)cccc12.Cl. The lowest BCUT2D eigenvalue weighted by molar-refractivity contribution is -0.118. The van der Waals surface area contributed by atoms with E-state index in [1.807, 2.05) is 26.0 Å². The van der Waals surface area contributed by atoms with Gasteiger partial charge in [0.25, 0.3) is 0 Å². The van der Waals surface area contributed by atoms with E-state index in [0.29, 0.717) is 16.4 Å². The third-order valence-corrected chi connectivity index (χ3v) is 3.66. The van der Waals surface area contributed by atoms with E-state index >= 15 is 0 Å². The fourth-order valence-electron chi connectivity index (χ4n) is 1.81. The van der Waals surface area contributed by atoms with Gasteiger partial charge in [-0.3, -0.25) is 9.89 Å². The Labute approximate surface area is 128 Å². The van der Waals surface area contributed by atoms with E-state index in [1.54, 1.807) is 6.07 Å². The van der Waals surface area contributed by atoms with Crippen LogP contribution in [-0.4, -0.2) is 22.1 Å². The van der Waals surface area contributed by atoms with Crippen LogP contribution in [0.4, 0.5) is 5.82 Å². The second-order valence-corrected chi connectivity index (χ2v) is 5.04. The van der Waals surface area contributed by atoms with Crippen LogP contribution in [0.5, 0.6) is 0 Å². The maximum absolute atomic E-state index is 12.0. The molecule has 4 N–H and O–H groups in total. The molecule has 0 radical (unpaired) electrons. The molecule has 0 saturated carbocycles. The van der Waals surface area contributed by atoms with Crippen molar-refractivity contribution in [2.45, 2.75) is 26.3 Å². The Morgan fingerprint density at radius 2 is 2.25 bits per heavy atom. The van der Waals surface area contributed by atoms with Gasteiger partial charge in [0.05, 0.1) is 16.6 Å². The average molecular weight is 317 g/mol. The van der Waals surface area contributed by atoms with Crippen LogP contribution in [0.15, 0.2) is 18.2 Å². The molecule has 2 unspecified atom stereocenters. The molecular formula is C13H18Cl2N4O. The van der Waals surface area contributed by atoms with Gasteiger partial charge in [0, 0.05) is 5.39 Å². The molecule has 0 aliphatic carbocycles. The van der Waals surface area contributed by atoms with Crippen LogP contribution in [0, 0.1) is 5.92 Å². The number of fused-ring (bicyclic) bond motifs is 1. The Bertz CT molecular complexity index is 599. The second kappa shape index (κ2) is 6.92. The number of benzene rings is 1. The summed E-state index contributed by atoms with van der Waals surface area (Å²) in [5.41, 5.74) is 6.59. The number of anilines is 1. The van der Waals surface area contributed by atoms with Gasteiger partial charge >= 0.3 is 0 Å². The van der Waals surface area contributed by atoms with Crippen molar-refractivity contribution < 1.29 is 4.79 Å². The summed E-state index contributed by atoms with van der Waals surface area (Å²) in [6.45, 7) is 3.95. The van der Waals surface area contributed by atoms with Crippen molar-refractivity contribution in [1.29, 1.82) is 0 Å². The van der Waals surface area contributed by atoms with Gasteiger partial charge in [-0.1, -0.05) is 37.9 Å². The van der Waals surface area contributed by atoms with E-state index in [9.17, 15) is 4.79 Å². The Hall–Kier alpha value is -1.30. The molecule has 0 bridgehead atoms. The highest BCUT2D eigenvalue weighted by Crippen LogP contribution is 2.26. The van der Waals surface area contributed by atoms with Crippen LogP contribution < -0.4 is 11.1 Å². The number of aromatic nitrogens is 2. The summed E-state index contributed by atoms with van der Waals surface area (Å²) in [6.07, 6.45) is 0.849. The van der Waals surface area contributed by atoms with Crippen molar-refractivity contribution >= 4 is 46.6 Å². The van der Waals surface area contributed by atoms with E-state index in [-0.39, 0.29) is 24.2 Å². The number of rotatable bonds is 4. The molecule has 1 aromatic carbocycles. The Kier molecular flexibility index (Phi) is 5.80. The maximum atomic E-state index is 12.0. The van der Waals surface area contributed by atoms with Crippen molar-refractivity contribution in [3.63, 3.8) is 0 Å². The van der Waals surface area contributed by atoms with E-state index in [4.69, 9.17) is 17.3 Å². The van der Waals surface area contributed by atoms with Crippen molar-refractivity contribution in [1.82, 2.24) is 10.2 Å². The maximum Gasteiger partial charge on any atom is 0.242 e. The fourth-order valence-corrected chi connectivity index (χ4v) is 2.03. The number of nitrogens with two attached hydrogens (primary N) is 1. The number of amides is 1. The number of nitrogens with zero attached hydrogens (tertiary/aromatic N) is 1. The number of carbonyl (C=O) groups is 1.